The van der Waals surface area contributed by atoms with Gasteiger partial charge in [0.25, 0.3) is 0 Å². The zero-order chi connectivity index (χ0) is 17.6. The summed E-state index contributed by atoms with van der Waals surface area (Å²) < 4.78 is 18.3. The van der Waals surface area contributed by atoms with E-state index in [0.717, 1.165) is 31.8 Å². The lowest BCUT2D eigenvalue weighted by Gasteiger charge is -2.40. The van der Waals surface area contributed by atoms with Gasteiger partial charge < -0.3 is 9.64 Å². The molecule has 2 fully saturated rings. The molecule has 0 amide bonds. The van der Waals surface area contributed by atoms with E-state index in [4.69, 9.17) is 4.74 Å². The third kappa shape index (κ3) is 5.04. The molecular formula is C21H30FNO2. The van der Waals surface area contributed by atoms with Crippen LogP contribution < -0.4 is 4.74 Å². The first-order chi connectivity index (χ1) is 12.2. The van der Waals surface area contributed by atoms with E-state index in [0.29, 0.717) is 11.8 Å². The van der Waals surface area contributed by atoms with Gasteiger partial charge in [-0.15, -0.1) is 0 Å². The predicted molar refractivity (Wildman–Crippen MR) is 97.0 cm³/mol. The third-order valence-electron chi connectivity index (χ3n) is 5.92. The van der Waals surface area contributed by atoms with Gasteiger partial charge in [0.05, 0.1) is 5.92 Å². The third-order valence-corrected chi connectivity index (χ3v) is 5.92. The van der Waals surface area contributed by atoms with Gasteiger partial charge in [-0.3, -0.25) is 4.79 Å². The SMILES string of the molecule is CCCC1CCC(N2CCC(C(=O)Oc3ccc(F)cc3)CC2)CC1. The Hall–Kier alpha value is -1.42. The molecule has 1 aliphatic heterocycles. The van der Waals surface area contributed by atoms with Crippen molar-refractivity contribution in [2.45, 2.75) is 64.3 Å². The standard InChI is InChI=1S/C21H30FNO2/c1-2-3-16-4-8-19(9-5-16)23-14-12-17(13-15-23)21(24)25-20-10-6-18(22)7-11-20/h6-7,10-11,16-17,19H,2-5,8-9,12-15H2,1H3. The fraction of sp³-hybridized carbons (Fsp3) is 0.667. The van der Waals surface area contributed by atoms with Crippen LogP contribution in [0.25, 0.3) is 0 Å². The van der Waals surface area contributed by atoms with Gasteiger partial charge in [0.2, 0.25) is 0 Å². The topological polar surface area (TPSA) is 29.5 Å². The lowest BCUT2D eigenvalue weighted by atomic mass is 9.82. The van der Waals surface area contributed by atoms with Crippen molar-refractivity contribution in [1.82, 2.24) is 4.90 Å². The molecule has 1 aromatic carbocycles. The second-order valence-electron chi connectivity index (χ2n) is 7.65. The molecule has 3 rings (SSSR count). The lowest BCUT2D eigenvalue weighted by Crippen LogP contribution is -2.44. The van der Waals surface area contributed by atoms with Crippen LogP contribution in [-0.4, -0.2) is 30.0 Å². The summed E-state index contributed by atoms with van der Waals surface area (Å²) >= 11 is 0. The van der Waals surface area contributed by atoms with Crippen LogP contribution in [0.5, 0.6) is 5.75 Å². The van der Waals surface area contributed by atoms with E-state index >= 15 is 0 Å². The maximum atomic E-state index is 12.9. The van der Waals surface area contributed by atoms with Crippen LogP contribution in [0.15, 0.2) is 24.3 Å². The second kappa shape index (κ2) is 8.79. The number of likely N-dealkylation sites (tertiary alicyclic amines) is 1. The normalized spacial score (nSPS) is 25.7. The molecule has 1 saturated carbocycles. The van der Waals surface area contributed by atoms with Crippen LogP contribution in [0.3, 0.4) is 0 Å². The van der Waals surface area contributed by atoms with Gasteiger partial charge in [-0.1, -0.05) is 19.8 Å². The van der Waals surface area contributed by atoms with E-state index < -0.39 is 0 Å². The molecule has 0 atom stereocenters. The molecule has 0 aromatic heterocycles. The van der Waals surface area contributed by atoms with Gasteiger partial charge >= 0.3 is 5.97 Å². The van der Waals surface area contributed by atoms with Gasteiger partial charge in [-0.25, -0.2) is 4.39 Å². The number of hydrogen-bond acceptors (Lipinski definition) is 3. The summed E-state index contributed by atoms with van der Waals surface area (Å²) in [6.45, 7) is 4.26. The Morgan fingerprint density at radius 2 is 1.72 bits per heavy atom. The van der Waals surface area contributed by atoms with Crippen molar-refractivity contribution in [2.75, 3.05) is 13.1 Å². The molecule has 1 aliphatic carbocycles. The summed E-state index contributed by atoms with van der Waals surface area (Å²) in [6, 6.07) is 6.37. The van der Waals surface area contributed by atoms with Gasteiger partial charge in [0, 0.05) is 6.04 Å². The zero-order valence-electron chi connectivity index (χ0n) is 15.3. The maximum Gasteiger partial charge on any atom is 0.314 e. The molecule has 0 spiro atoms. The van der Waals surface area contributed by atoms with E-state index in [9.17, 15) is 9.18 Å². The van der Waals surface area contributed by atoms with Crippen molar-refractivity contribution in [3.63, 3.8) is 0 Å². The molecule has 4 heteroatoms. The number of halogens is 1. The monoisotopic (exact) mass is 347 g/mol. The number of hydrogen-bond donors (Lipinski definition) is 0. The molecule has 1 heterocycles. The van der Waals surface area contributed by atoms with E-state index in [2.05, 4.69) is 11.8 Å². The minimum atomic E-state index is -0.318. The highest BCUT2D eigenvalue weighted by Crippen LogP contribution is 2.32. The molecule has 0 radical (unpaired) electrons. The summed E-state index contributed by atoms with van der Waals surface area (Å²) in [5, 5.41) is 0. The van der Waals surface area contributed by atoms with Crippen molar-refractivity contribution in [3.8, 4) is 5.75 Å². The average molecular weight is 347 g/mol. The number of carbonyl (C=O) groups excluding carboxylic acids is 1. The average Bonchev–Trinajstić information content (AvgIpc) is 2.65. The molecule has 3 nitrogen and oxygen atoms in total. The molecule has 1 saturated heterocycles. The number of carbonyl (C=O) groups is 1. The molecule has 0 bridgehead atoms. The predicted octanol–water partition coefficient (Wildman–Crippen LogP) is 4.80. The van der Waals surface area contributed by atoms with Crippen molar-refractivity contribution in [1.29, 1.82) is 0 Å². The smallest absolute Gasteiger partial charge is 0.314 e. The maximum absolute atomic E-state index is 12.9. The summed E-state index contributed by atoms with van der Waals surface area (Å²) in [6.07, 6.45) is 9.78. The summed E-state index contributed by atoms with van der Waals surface area (Å²) in [7, 11) is 0. The van der Waals surface area contributed by atoms with E-state index in [-0.39, 0.29) is 17.7 Å². The molecule has 25 heavy (non-hydrogen) atoms. The van der Waals surface area contributed by atoms with Crippen molar-refractivity contribution < 1.29 is 13.9 Å². The van der Waals surface area contributed by atoms with Crippen LogP contribution in [0, 0.1) is 17.7 Å². The quantitative estimate of drug-likeness (QED) is 0.566. The van der Waals surface area contributed by atoms with Gasteiger partial charge in [-0.2, -0.15) is 0 Å². The van der Waals surface area contributed by atoms with Crippen molar-refractivity contribution in [2.24, 2.45) is 11.8 Å². The summed E-state index contributed by atoms with van der Waals surface area (Å²) in [5.74, 6) is 0.852. The van der Waals surface area contributed by atoms with Gasteiger partial charge in [0.1, 0.15) is 11.6 Å². The number of rotatable bonds is 5. The molecule has 0 unspecified atom stereocenters. The molecule has 138 valence electrons. The number of nitrogens with zero attached hydrogens (tertiary/aromatic N) is 1. The van der Waals surface area contributed by atoms with Crippen LogP contribution in [-0.2, 0) is 4.79 Å². The zero-order valence-corrected chi connectivity index (χ0v) is 15.3. The first-order valence-corrected chi connectivity index (χ1v) is 9.87. The first-order valence-electron chi connectivity index (χ1n) is 9.87. The summed E-state index contributed by atoms with van der Waals surface area (Å²) in [4.78, 5) is 14.9. The number of piperidine rings is 1. The fourth-order valence-corrected chi connectivity index (χ4v) is 4.41. The lowest BCUT2D eigenvalue weighted by molar-refractivity contribution is -0.140. The Kier molecular flexibility index (Phi) is 6.46. The van der Waals surface area contributed by atoms with Crippen LogP contribution >= 0.6 is 0 Å². The minimum absolute atomic E-state index is 0.0299. The van der Waals surface area contributed by atoms with Crippen LogP contribution in [0.4, 0.5) is 4.39 Å². The fourth-order valence-electron chi connectivity index (χ4n) is 4.41. The summed E-state index contributed by atoms with van der Waals surface area (Å²) in [5.41, 5.74) is 0. The highest BCUT2D eigenvalue weighted by molar-refractivity contribution is 5.75. The Morgan fingerprint density at radius 3 is 2.32 bits per heavy atom. The highest BCUT2D eigenvalue weighted by Gasteiger charge is 2.31. The first kappa shape index (κ1) is 18.4. The Balaban J connectivity index is 1.42. The van der Waals surface area contributed by atoms with E-state index in [1.807, 2.05) is 0 Å². The van der Waals surface area contributed by atoms with E-state index in [1.54, 1.807) is 0 Å². The molecule has 0 N–H and O–H groups in total. The molecule has 2 aliphatic rings. The Bertz CT molecular complexity index is 544. The second-order valence-corrected chi connectivity index (χ2v) is 7.65. The Labute approximate surface area is 150 Å². The number of esters is 1. The van der Waals surface area contributed by atoms with Crippen LogP contribution in [0.2, 0.25) is 0 Å². The van der Waals surface area contributed by atoms with Crippen molar-refractivity contribution in [3.05, 3.63) is 30.1 Å². The van der Waals surface area contributed by atoms with Crippen LogP contribution in [0.1, 0.15) is 58.3 Å². The number of benzene rings is 1. The van der Waals surface area contributed by atoms with Gasteiger partial charge in [-0.05, 0) is 81.8 Å². The highest BCUT2D eigenvalue weighted by atomic mass is 19.1. The van der Waals surface area contributed by atoms with Gasteiger partial charge in [0.15, 0.2) is 0 Å². The largest absolute Gasteiger partial charge is 0.426 e. The molecular weight excluding hydrogens is 317 g/mol. The Morgan fingerprint density at radius 1 is 1.08 bits per heavy atom. The van der Waals surface area contributed by atoms with Crippen molar-refractivity contribution >= 4 is 5.97 Å². The molecule has 1 aromatic rings. The minimum Gasteiger partial charge on any atom is -0.426 e. The van der Waals surface area contributed by atoms with E-state index in [1.165, 1.54) is 62.8 Å². The number of ether oxygens (including phenoxy) is 1.